The molecule has 0 bridgehead atoms. The molecular formula is C27H30N6O2. The predicted molar refractivity (Wildman–Crippen MR) is 137 cm³/mol. The number of benzene rings is 2. The molecular weight excluding hydrogens is 440 g/mol. The number of para-hydroxylation sites is 1. The fraction of sp³-hybridized carbons (Fsp3) is 0.333. The Morgan fingerprint density at radius 3 is 2.60 bits per heavy atom. The van der Waals surface area contributed by atoms with Crippen LogP contribution in [-0.4, -0.2) is 45.6 Å². The van der Waals surface area contributed by atoms with E-state index in [0.717, 1.165) is 64.6 Å². The standard InChI is InChI=1S/C27H30N6O2/c1-4-35-23-14-12-21(13-15-23)28-27(34)20-9-8-16-32(17-20)26-25-24(18(2)29-30-26)19(3)33(31-25)22-10-6-5-7-11-22/h5-7,10-15,20H,4,8-9,16-17H2,1-3H3,(H,28,34). The molecule has 4 aromatic rings. The Kier molecular flexibility index (Phi) is 6.35. The third-order valence-corrected chi connectivity index (χ3v) is 6.51. The van der Waals surface area contributed by atoms with Gasteiger partial charge in [0.25, 0.3) is 0 Å². The van der Waals surface area contributed by atoms with Crippen LogP contribution < -0.4 is 15.0 Å². The van der Waals surface area contributed by atoms with Gasteiger partial charge in [-0.2, -0.15) is 10.2 Å². The van der Waals surface area contributed by atoms with Gasteiger partial charge >= 0.3 is 0 Å². The van der Waals surface area contributed by atoms with Gasteiger partial charge in [-0.05, 0) is 70.0 Å². The lowest BCUT2D eigenvalue weighted by Gasteiger charge is -2.32. The number of carbonyl (C=O) groups is 1. The SMILES string of the molecule is CCOc1ccc(NC(=O)C2CCCN(c3nnc(C)c4c(C)n(-c5ccccc5)nc34)C2)cc1. The first-order valence-corrected chi connectivity index (χ1v) is 12.1. The van der Waals surface area contributed by atoms with Crippen molar-refractivity contribution in [2.24, 2.45) is 5.92 Å². The third-order valence-electron chi connectivity index (χ3n) is 6.51. The molecule has 1 fully saturated rings. The summed E-state index contributed by atoms with van der Waals surface area (Å²) in [7, 11) is 0. The van der Waals surface area contributed by atoms with Crippen LogP contribution in [0.1, 0.15) is 31.2 Å². The van der Waals surface area contributed by atoms with Crippen molar-refractivity contribution in [3.8, 4) is 11.4 Å². The summed E-state index contributed by atoms with van der Waals surface area (Å²) in [5.74, 6) is 1.40. The molecule has 2 aromatic heterocycles. The van der Waals surface area contributed by atoms with Gasteiger partial charge in [-0.3, -0.25) is 4.79 Å². The van der Waals surface area contributed by atoms with E-state index < -0.39 is 0 Å². The van der Waals surface area contributed by atoms with Crippen molar-refractivity contribution in [2.75, 3.05) is 29.9 Å². The maximum atomic E-state index is 13.1. The highest BCUT2D eigenvalue weighted by molar-refractivity contribution is 5.95. The molecule has 0 saturated carbocycles. The molecule has 1 atom stereocenters. The van der Waals surface area contributed by atoms with Gasteiger partial charge in [0.15, 0.2) is 5.82 Å². The van der Waals surface area contributed by atoms with Crippen LogP contribution in [0.4, 0.5) is 11.5 Å². The van der Waals surface area contributed by atoms with Crippen LogP contribution in [0.3, 0.4) is 0 Å². The number of aromatic nitrogens is 4. The number of nitrogens with one attached hydrogen (secondary N) is 1. The van der Waals surface area contributed by atoms with Crippen molar-refractivity contribution in [1.82, 2.24) is 20.0 Å². The monoisotopic (exact) mass is 470 g/mol. The zero-order valence-corrected chi connectivity index (χ0v) is 20.4. The summed E-state index contributed by atoms with van der Waals surface area (Å²) < 4.78 is 7.44. The average Bonchev–Trinajstić information content (AvgIpc) is 3.24. The van der Waals surface area contributed by atoms with Crippen molar-refractivity contribution < 1.29 is 9.53 Å². The zero-order chi connectivity index (χ0) is 24.4. The number of aryl methyl sites for hydroxylation is 2. The lowest BCUT2D eigenvalue weighted by Crippen LogP contribution is -2.41. The number of amides is 1. The molecule has 8 heteroatoms. The quantitative estimate of drug-likeness (QED) is 0.440. The Balaban J connectivity index is 1.39. The van der Waals surface area contributed by atoms with E-state index in [-0.39, 0.29) is 11.8 Å². The number of hydrogen-bond acceptors (Lipinski definition) is 6. The second kappa shape index (κ2) is 9.74. The number of nitrogens with zero attached hydrogens (tertiary/aromatic N) is 5. The molecule has 1 amide bonds. The summed E-state index contributed by atoms with van der Waals surface area (Å²) in [5.41, 5.74) is 4.47. The van der Waals surface area contributed by atoms with E-state index in [9.17, 15) is 4.79 Å². The van der Waals surface area contributed by atoms with E-state index in [2.05, 4.69) is 27.3 Å². The Morgan fingerprint density at radius 2 is 1.86 bits per heavy atom. The highest BCUT2D eigenvalue weighted by Gasteiger charge is 2.29. The Morgan fingerprint density at radius 1 is 1.09 bits per heavy atom. The molecule has 180 valence electrons. The van der Waals surface area contributed by atoms with Gasteiger partial charge < -0.3 is 15.0 Å². The first-order valence-electron chi connectivity index (χ1n) is 12.1. The number of piperidine rings is 1. The minimum absolute atomic E-state index is 0.0150. The Bertz CT molecular complexity index is 1330. The topological polar surface area (TPSA) is 85.2 Å². The molecule has 1 aliphatic heterocycles. The minimum atomic E-state index is -0.147. The van der Waals surface area contributed by atoms with Crippen molar-refractivity contribution in [2.45, 2.75) is 33.6 Å². The summed E-state index contributed by atoms with van der Waals surface area (Å²) in [5, 5.41) is 18.0. The highest BCUT2D eigenvalue weighted by atomic mass is 16.5. The molecule has 2 aromatic carbocycles. The molecule has 1 N–H and O–H groups in total. The normalized spacial score (nSPS) is 15.9. The van der Waals surface area contributed by atoms with E-state index in [1.807, 2.05) is 73.1 Å². The lowest BCUT2D eigenvalue weighted by molar-refractivity contribution is -0.120. The van der Waals surface area contributed by atoms with Crippen molar-refractivity contribution in [3.05, 3.63) is 66.0 Å². The number of rotatable bonds is 6. The predicted octanol–water partition coefficient (Wildman–Crippen LogP) is 4.69. The molecule has 35 heavy (non-hydrogen) atoms. The van der Waals surface area contributed by atoms with Gasteiger partial charge in [0, 0.05) is 18.8 Å². The summed E-state index contributed by atoms with van der Waals surface area (Å²) in [6, 6.07) is 17.6. The molecule has 8 nitrogen and oxygen atoms in total. The number of anilines is 2. The van der Waals surface area contributed by atoms with Gasteiger partial charge in [0.2, 0.25) is 5.91 Å². The van der Waals surface area contributed by atoms with Crippen LogP contribution >= 0.6 is 0 Å². The second-order valence-electron chi connectivity index (χ2n) is 8.90. The fourth-order valence-corrected chi connectivity index (χ4v) is 4.77. The minimum Gasteiger partial charge on any atom is -0.494 e. The van der Waals surface area contributed by atoms with E-state index >= 15 is 0 Å². The first-order chi connectivity index (χ1) is 17.0. The van der Waals surface area contributed by atoms with Crippen molar-refractivity contribution >= 4 is 28.3 Å². The van der Waals surface area contributed by atoms with Crippen molar-refractivity contribution in [1.29, 1.82) is 0 Å². The van der Waals surface area contributed by atoms with E-state index in [1.165, 1.54) is 0 Å². The van der Waals surface area contributed by atoms with Gasteiger partial charge in [0.05, 0.1) is 35.0 Å². The zero-order valence-electron chi connectivity index (χ0n) is 20.4. The molecule has 1 saturated heterocycles. The van der Waals surface area contributed by atoms with Gasteiger partial charge in [-0.1, -0.05) is 18.2 Å². The number of fused-ring (bicyclic) bond motifs is 1. The van der Waals surface area contributed by atoms with Gasteiger partial charge in [0.1, 0.15) is 11.3 Å². The third kappa shape index (κ3) is 4.56. The molecule has 1 unspecified atom stereocenters. The Hall–Kier alpha value is -3.94. The summed E-state index contributed by atoms with van der Waals surface area (Å²) in [6.45, 7) is 7.98. The van der Waals surface area contributed by atoms with Crippen LogP contribution in [-0.2, 0) is 4.79 Å². The summed E-state index contributed by atoms with van der Waals surface area (Å²) in [4.78, 5) is 15.2. The van der Waals surface area contributed by atoms with Gasteiger partial charge in [-0.15, -0.1) is 5.10 Å². The average molecular weight is 471 g/mol. The number of hydrogen-bond donors (Lipinski definition) is 1. The molecule has 0 aliphatic carbocycles. The van der Waals surface area contributed by atoms with E-state index in [4.69, 9.17) is 9.84 Å². The molecule has 0 spiro atoms. The lowest BCUT2D eigenvalue weighted by atomic mass is 9.97. The van der Waals surface area contributed by atoms with Gasteiger partial charge in [-0.25, -0.2) is 4.68 Å². The number of carbonyl (C=O) groups excluding carboxylic acids is 1. The second-order valence-corrected chi connectivity index (χ2v) is 8.90. The first kappa shape index (κ1) is 22.8. The molecule has 1 aliphatic rings. The maximum absolute atomic E-state index is 13.1. The molecule has 3 heterocycles. The summed E-state index contributed by atoms with van der Waals surface area (Å²) >= 11 is 0. The van der Waals surface area contributed by atoms with Crippen LogP contribution in [0.25, 0.3) is 16.6 Å². The van der Waals surface area contributed by atoms with Crippen LogP contribution in [0.5, 0.6) is 5.75 Å². The van der Waals surface area contributed by atoms with E-state index in [0.29, 0.717) is 13.2 Å². The summed E-state index contributed by atoms with van der Waals surface area (Å²) in [6.07, 6.45) is 1.73. The number of ether oxygens (including phenoxy) is 1. The highest BCUT2D eigenvalue weighted by Crippen LogP contribution is 2.32. The van der Waals surface area contributed by atoms with Crippen LogP contribution in [0.2, 0.25) is 0 Å². The van der Waals surface area contributed by atoms with Crippen LogP contribution in [0.15, 0.2) is 54.6 Å². The molecule has 5 rings (SSSR count). The largest absolute Gasteiger partial charge is 0.494 e. The maximum Gasteiger partial charge on any atom is 0.229 e. The van der Waals surface area contributed by atoms with E-state index in [1.54, 1.807) is 0 Å². The van der Waals surface area contributed by atoms with Crippen molar-refractivity contribution in [3.63, 3.8) is 0 Å². The fourth-order valence-electron chi connectivity index (χ4n) is 4.77. The smallest absolute Gasteiger partial charge is 0.229 e. The van der Waals surface area contributed by atoms with Crippen LogP contribution in [0, 0.1) is 19.8 Å². The molecule has 0 radical (unpaired) electrons. The Labute approximate surface area is 204 Å².